The lowest BCUT2D eigenvalue weighted by Crippen LogP contribution is -3.30. The van der Waals surface area contributed by atoms with E-state index in [1.54, 1.807) is 12.1 Å². The molecule has 30 heavy (non-hydrogen) atoms. The van der Waals surface area contributed by atoms with Gasteiger partial charge in [0.05, 0.1) is 0 Å². The van der Waals surface area contributed by atoms with E-state index in [1.165, 1.54) is 21.9 Å². The van der Waals surface area contributed by atoms with Crippen molar-refractivity contribution in [2.45, 2.75) is 13.0 Å². The number of fused-ring (bicyclic) bond motifs is 1. The Bertz CT molecular complexity index is 1040. The lowest BCUT2D eigenvalue weighted by atomic mass is 10.0. The molecule has 0 unspecified atom stereocenters. The number of para-hydroxylation sites is 1. The van der Waals surface area contributed by atoms with Gasteiger partial charge >= 0.3 is 0 Å². The van der Waals surface area contributed by atoms with Crippen molar-refractivity contribution in [2.75, 3.05) is 38.0 Å². The zero-order valence-electron chi connectivity index (χ0n) is 17.0. The number of H-pyrrole nitrogens is 1. The molecule has 156 valence electrons. The normalized spacial score (nSPS) is 20.1. The van der Waals surface area contributed by atoms with Crippen LogP contribution in [-0.4, -0.2) is 55.4 Å². The van der Waals surface area contributed by atoms with Gasteiger partial charge < -0.3 is 20.1 Å². The number of ketones is 1. The minimum atomic E-state index is -0.325. The Morgan fingerprint density at radius 3 is 2.50 bits per heavy atom. The van der Waals surface area contributed by atoms with Gasteiger partial charge in [-0.05, 0) is 37.3 Å². The highest BCUT2D eigenvalue weighted by molar-refractivity contribution is 6.09. The Morgan fingerprint density at radius 2 is 1.77 bits per heavy atom. The lowest BCUT2D eigenvalue weighted by Gasteiger charge is -2.32. The van der Waals surface area contributed by atoms with E-state index in [0.717, 1.165) is 42.6 Å². The maximum atomic E-state index is 13.1. The Balaban J connectivity index is 1.30. The van der Waals surface area contributed by atoms with Gasteiger partial charge in [-0.3, -0.25) is 9.59 Å². The summed E-state index contributed by atoms with van der Waals surface area (Å²) in [6.45, 7) is 5.71. The zero-order valence-corrected chi connectivity index (χ0v) is 17.0. The summed E-state index contributed by atoms with van der Waals surface area (Å²) in [7, 11) is 0. The molecular weight excluding hydrogens is 383 g/mol. The minimum absolute atomic E-state index is 0.0806. The Labute approximate surface area is 174 Å². The molecule has 1 aliphatic rings. The molecular formula is C23H27FN4O2+2. The highest BCUT2D eigenvalue weighted by Gasteiger charge is 2.33. The number of anilines is 1. The summed E-state index contributed by atoms with van der Waals surface area (Å²) in [6, 6.07) is 13.5. The molecule has 1 aromatic heterocycles. The molecule has 1 fully saturated rings. The molecule has 2 aromatic carbocycles. The number of piperazine rings is 1. The van der Waals surface area contributed by atoms with Gasteiger partial charge in [0, 0.05) is 28.4 Å². The number of quaternary nitrogens is 2. The van der Waals surface area contributed by atoms with Crippen LogP contribution in [0, 0.1) is 5.82 Å². The van der Waals surface area contributed by atoms with Crippen molar-refractivity contribution >= 4 is 28.3 Å². The molecule has 2 heterocycles. The number of rotatable bonds is 6. The first kappa shape index (κ1) is 20.3. The third kappa shape index (κ3) is 4.42. The highest BCUT2D eigenvalue weighted by Crippen LogP contribution is 2.18. The number of Topliss-reactive ketones (excluding diaryl/α,β-unsaturated/α-hetero) is 1. The molecule has 0 radical (unpaired) electrons. The maximum absolute atomic E-state index is 13.1. The fraction of sp³-hybridized carbons (Fsp3) is 0.304. The number of halogens is 1. The van der Waals surface area contributed by atoms with E-state index in [0.29, 0.717) is 12.2 Å². The van der Waals surface area contributed by atoms with E-state index < -0.39 is 0 Å². The third-order valence-corrected chi connectivity index (χ3v) is 6.00. The number of hydrogen-bond acceptors (Lipinski definition) is 2. The van der Waals surface area contributed by atoms with E-state index in [9.17, 15) is 14.0 Å². The second-order valence-electron chi connectivity index (χ2n) is 7.97. The van der Waals surface area contributed by atoms with Crippen LogP contribution in [-0.2, 0) is 4.79 Å². The molecule has 0 bridgehead atoms. The van der Waals surface area contributed by atoms with Crippen LogP contribution < -0.4 is 15.1 Å². The molecule has 1 saturated heterocycles. The summed E-state index contributed by atoms with van der Waals surface area (Å²) in [6.07, 6.45) is 1.81. The van der Waals surface area contributed by atoms with Crippen LogP contribution in [0.3, 0.4) is 0 Å². The number of nitrogens with one attached hydrogen (secondary N) is 4. The largest absolute Gasteiger partial charge is 0.360 e. The van der Waals surface area contributed by atoms with Gasteiger partial charge in [0.25, 0.3) is 5.91 Å². The first-order valence-electron chi connectivity index (χ1n) is 10.3. The molecule has 4 rings (SSSR count). The van der Waals surface area contributed by atoms with Gasteiger partial charge in [0.1, 0.15) is 38.0 Å². The van der Waals surface area contributed by atoms with Gasteiger partial charge in [-0.25, -0.2) is 4.39 Å². The monoisotopic (exact) mass is 410 g/mol. The SMILES string of the molecule is C[C@@H](C(=O)c1c[nH]c2ccccc12)[NH+]1CC[NH+](CC(=O)Nc2ccc(F)cc2)CC1. The molecule has 7 heteroatoms. The standard InChI is InChI=1S/C23H25FN4O2/c1-16(23(30)20-14-25-21-5-3-2-4-19(20)21)28-12-10-27(11-13-28)15-22(29)26-18-8-6-17(24)7-9-18/h2-9,14,16,25H,10-13,15H2,1H3,(H,26,29)/p+2/t16-/m0/s1. The maximum Gasteiger partial charge on any atom is 0.279 e. The molecule has 0 saturated carbocycles. The predicted octanol–water partition coefficient (Wildman–Crippen LogP) is 0.300. The van der Waals surface area contributed by atoms with Crippen LogP contribution in [0.5, 0.6) is 0 Å². The van der Waals surface area contributed by atoms with Crippen LogP contribution in [0.2, 0.25) is 0 Å². The molecule has 4 N–H and O–H groups in total. The number of amides is 1. The molecule has 1 amide bonds. The fourth-order valence-electron chi connectivity index (χ4n) is 4.19. The molecule has 0 aliphatic carbocycles. The van der Waals surface area contributed by atoms with Crippen molar-refractivity contribution in [1.29, 1.82) is 0 Å². The second kappa shape index (κ2) is 8.77. The van der Waals surface area contributed by atoms with Crippen LogP contribution in [0.1, 0.15) is 17.3 Å². The first-order valence-corrected chi connectivity index (χ1v) is 10.3. The van der Waals surface area contributed by atoms with Crippen molar-refractivity contribution in [3.8, 4) is 0 Å². The van der Waals surface area contributed by atoms with Gasteiger partial charge in [-0.15, -0.1) is 0 Å². The summed E-state index contributed by atoms with van der Waals surface area (Å²) in [4.78, 5) is 31.0. The van der Waals surface area contributed by atoms with Crippen molar-refractivity contribution in [3.63, 3.8) is 0 Å². The molecule has 1 aliphatic heterocycles. The van der Waals surface area contributed by atoms with E-state index in [1.807, 2.05) is 37.4 Å². The van der Waals surface area contributed by atoms with Crippen LogP contribution in [0.15, 0.2) is 54.7 Å². The van der Waals surface area contributed by atoms with E-state index in [2.05, 4.69) is 10.3 Å². The number of hydrogen-bond donors (Lipinski definition) is 4. The van der Waals surface area contributed by atoms with Crippen LogP contribution in [0.25, 0.3) is 10.9 Å². The van der Waals surface area contributed by atoms with E-state index >= 15 is 0 Å². The van der Waals surface area contributed by atoms with Crippen molar-refractivity contribution in [2.24, 2.45) is 0 Å². The molecule has 0 spiro atoms. The number of carbonyl (C=O) groups is 2. The van der Waals surface area contributed by atoms with Gasteiger partial charge in [0.2, 0.25) is 5.78 Å². The number of aromatic nitrogens is 1. The van der Waals surface area contributed by atoms with Gasteiger partial charge in [-0.2, -0.15) is 0 Å². The number of benzene rings is 2. The Kier molecular flexibility index (Phi) is 5.92. The quantitative estimate of drug-likeness (QED) is 0.442. The molecule has 6 nitrogen and oxygen atoms in total. The topological polar surface area (TPSA) is 70.8 Å². The average Bonchev–Trinajstić information content (AvgIpc) is 3.19. The summed E-state index contributed by atoms with van der Waals surface area (Å²) in [5.74, 6) is -0.253. The predicted molar refractivity (Wildman–Crippen MR) is 113 cm³/mol. The van der Waals surface area contributed by atoms with Gasteiger partial charge in [-0.1, -0.05) is 18.2 Å². The lowest BCUT2D eigenvalue weighted by molar-refractivity contribution is -1.01. The molecule has 1 atom stereocenters. The fourth-order valence-corrected chi connectivity index (χ4v) is 4.19. The highest BCUT2D eigenvalue weighted by atomic mass is 19.1. The first-order chi connectivity index (χ1) is 14.5. The molecule has 3 aromatic rings. The van der Waals surface area contributed by atoms with Crippen LogP contribution in [0.4, 0.5) is 10.1 Å². The van der Waals surface area contributed by atoms with Crippen molar-refractivity contribution in [3.05, 3.63) is 66.1 Å². The number of aromatic amines is 1. The summed E-state index contributed by atoms with van der Waals surface area (Å²) < 4.78 is 13.0. The summed E-state index contributed by atoms with van der Waals surface area (Å²) in [5.41, 5.74) is 2.33. The number of carbonyl (C=O) groups excluding carboxylic acids is 2. The van der Waals surface area contributed by atoms with E-state index in [-0.39, 0.29) is 23.5 Å². The summed E-state index contributed by atoms with van der Waals surface area (Å²) >= 11 is 0. The van der Waals surface area contributed by atoms with Crippen molar-refractivity contribution in [1.82, 2.24) is 4.98 Å². The third-order valence-electron chi connectivity index (χ3n) is 6.00. The Morgan fingerprint density at radius 1 is 1.07 bits per heavy atom. The minimum Gasteiger partial charge on any atom is -0.360 e. The van der Waals surface area contributed by atoms with Gasteiger partial charge in [0.15, 0.2) is 6.54 Å². The average molecular weight is 410 g/mol. The zero-order chi connectivity index (χ0) is 21.1. The smallest absolute Gasteiger partial charge is 0.279 e. The summed E-state index contributed by atoms with van der Waals surface area (Å²) in [5, 5.41) is 3.78. The van der Waals surface area contributed by atoms with E-state index in [4.69, 9.17) is 0 Å². The van der Waals surface area contributed by atoms with Crippen molar-refractivity contribution < 1.29 is 23.8 Å². The second-order valence-corrected chi connectivity index (χ2v) is 7.97. The van der Waals surface area contributed by atoms with Crippen LogP contribution >= 0.6 is 0 Å². The Hall–Kier alpha value is -3.03.